The number of carbonyl (C=O) groups excluding carboxylic acids is 2. The molecule has 0 unspecified atom stereocenters. The van der Waals surface area contributed by atoms with Gasteiger partial charge in [0.2, 0.25) is 0 Å². The lowest BCUT2D eigenvalue weighted by Gasteiger charge is -2.29. The second-order valence-electron chi connectivity index (χ2n) is 7.01. The van der Waals surface area contributed by atoms with Gasteiger partial charge in [0.15, 0.2) is 23.8 Å². The van der Waals surface area contributed by atoms with Gasteiger partial charge in [-0.3, -0.25) is 9.59 Å². The second-order valence-corrected chi connectivity index (χ2v) is 7.01. The molecule has 0 spiro atoms. The first-order valence-electron chi connectivity index (χ1n) is 9.51. The molecular formula is C21H19F2N3O4. The molecule has 156 valence electrons. The standard InChI is InChI=1S/C21H19F2N3O4/c22-15-6-5-14(11-16(15)23)24-19(27)12-29-20(28)13-7-9-26(10-8-13)21-25-17-3-1-2-4-18(17)30-21/h1-6,11,13H,7-10,12H2,(H,24,27). The van der Waals surface area contributed by atoms with E-state index in [-0.39, 0.29) is 11.6 Å². The molecule has 1 aromatic heterocycles. The number of oxazole rings is 1. The van der Waals surface area contributed by atoms with Crippen molar-refractivity contribution in [1.29, 1.82) is 0 Å². The number of esters is 1. The average molecular weight is 415 g/mol. The Morgan fingerprint density at radius 3 is 2.63 bits per heavy atom. The Hall–Kier alpha value is -3.49. The fourth-order valence-corrected chi connectivity index (χ4v) is 3.33. The third-order valence-corrected chi connectivity index (χ3v) is 4.93. The van der Waals surface area contributed by atoms with Crippen LogP contribution in [0.3, 0.4) is 0 Å². The Balaban J connectivity index is 1.25. The minimum Gasteiger partial charge on any atom is -0.455 e. The Bertz CT molecular complexity index is 1040. The zero-order chi connectivity index (χ0) is 21.1. The molecule has 4 rings (SSSR count). The van der Waals surface area contributed by atoms with Crippen molar-refractivity contribution in [3.05, 3.63) is 54.1 Å². The van der Waals surface area contributed by atoms with Crippen LogP contribution in [0, 0.1) is 17.6 Å². The summed E-state index contributed by atoms with van der Waals surface area (Å²) in [5.74, 6) is -3.51. The summed E-state index contributed by atoms with van der Waals surface area (Å²) >= 11 is 0. The number of nitrogens with zero attached hydrogens (tertiary/aromatic N) is 2. The molecule has 1 N–H and O–H groups in total. The molecule has 2 heterocycles. The van der Waals surface area contributed by atoms with Gasteiger partial charge in [-0.1, -0.05) is 12.1 Å². The van der Waals surface area contributed by atoms with Gasteiger partial charge >= 0.3 is 5.97 Å². The van der Waals surface area contributed by atoms with Gasteiger partial charge in [0.05, 0.1) is 5.92 Å². The molecule has 0 atom stereocenters. The molecule has 9 heteroatoms. The number of rotatable bonds is 5. The second kappa shape index (κ2) is 8.48. The van der Waals surface area contributed by atoms with E-state index in [0.717, 1.165) is 17.6 Å². The number of carbonyl (C=O) groups is 2. The first-order valence-corrected chi connectivity index (χ1v) is 9.51. The highest BCUT2D eigenvalue weighted by Crippen LogP contribution is 2.26. The Morgan fingerprint density at radius 1 is 1.13 bits per heavy atom. The first kappa shape index (κ1) is 19.8. The lowest BCUT2D eigenvalue weighted by molar-refractivity contribution is -0.152. The van der Waals surface area contributed by atoms with E-state index < -0.39 is 30.1 Å². The first-order chi connectivity index (χ1) is 14.5. The number of hydrogen-bond donors (Lipinski definition) is 1. The lowest BCUT2D eigenvalue weighted by atomic mass is 9.97. The van der Waals surface area contributed by atoms with Crippen LogP contribution >= 0.6 is 0 Å². The van der Waals surface area contributed by atoms with Crippen LogP contribution < -0.4 is 10.2 Å². The molecule has 0 saturated carbocycles. The number of para-hydroxylation sites is 2. The van der Waals surface area contributed by atoms with E-state index in [1.54, 1.807) is 0 Å². The van der Waals surface area contributed by atoms with E-state index >= 15 is 0 Å². The summed E-state index contributed by atoms with van der Waals surface area (Å²) in [5, 5.41) is 2.36. The predicted molar refractivity (Wildman–Crippen MR) is 105 cm³/mol. The summed E-state index contributed by atoms with van der Waals surface area (Å²) in [6.45, 7) is 0.657. The molecule has 0 radical (unpaired) electrons. The maximum Gasteiger partial charge on any atom is 0.309 e. The Labute approximate surface area is 170 Å². The van der Waals surface area contributed by atoms with Gasteiger partial charge < -0.3 is 19.4 Å². The summed E-state index contributed by atoms with van der Waals surface area (Å²) in [6.07, 6.45) is 1.09. The molecule has 1 fully saturated rings. The third-order valence-electron chi connectivity index (χ3n) is 4.93. The summed E-state index contributed by atoms with van der Waals surface area (Å²) in [5.41, 5.74) is 1.57. The molecule has 3 aromatic rings. The van der Waals surface area contributed by atoms with Crippen LogP contribution in [0.25, 0.3) is 11.1 Å². The number of nitrogens with one attached hydrogen (secondary N) is 1. The quantitative estimate of drug-likeness (QED) is 0.642. The van der Waals surface area contributed by atoms with Crippen molar-refractivity contribution in [2.24, 2.45) is 5.92 Å². The zero-order valence-corrected chi connectivity index (χ0v) is 15.9. The minimum absolute atomic E-state index is 0.0848. The zero-order valence-electron chi connectivity index (χ0n) is 15.9. The molecular weight excluding hydrogens is 396 g/mol. The van der Waals surface area contributed by atoms with Crippen LogP contribution in [0.15, 0.2) is 46.9 Å². The number of aromatic nitrogens is 1. The van der Waals surface area contributed by atoms with Crippen molar-refractivity contribution in [3.8, 4) is 0 Å². The SMILES string of the molecule is O=C(COC(=O)C1CCN(c2nc3ccccc3o2)CC1)Nc1ccc(F)c(F)c1. The summed E-state index contributed by atoms with van der Waals surface area (Å²) in [6, 6.07) is 11.0. The highest BCUT2D eigenvalue weighted by atomic mass is 19.2. The van der Waals surface area contributed by atoms with Crippen molar-refractivity contribution in [3.63, 3.8) is 0 Å². The van der Waals surface area contributed by atoms with E-state index in [4.69, 9.17) is 9.15 Å². The number of anilines is 2. The highest BCUT2D eigenvalue weighted by Gasteiger charge is 2.28. The van der Waals surface area contributed by atoms with Gasteiger partial charge in [-0.25, -0.2) is 8.78 Å². The van der Waals surface area contributed by atoms with Crippen molar-refractivity contribution in [2.45, 2.75) is 12.8 Å². The van der Waals surface area contributed by atoms with Crippen LogP contribution in [0.2, 0.25) is 0 Å². The van der Waals surface area contributed by atoms with E-state index in [1.807, 2.05) is 29.2 Å². The molecule has 1 aliphatic heterocycles. The number of piperidine rings is 1. The largest absolute Gasteiger partial charge is 0.455 e. The summed E-state index contributed by atoms with van der Waals surface area (Å²) in [4.78, 5) is 30.6. The van der Waals surface area contributed by atoms with Crippen LogP contribution in [0.1, 0.15) is 12.8 Å². The number of amides is 1. The smallest absolute Gasteiger partial charge is 0.309 e. The topological polar surface area (TPSA) is 84.7 Å². The molecule has 1 amide bonds. The van der Waals surface area contributed by atoms with Gasteiger partial charge in [-0.15, -0.1) is 0 Å². The van der Waals surface area contributed by atoms with E-state index in [1.165, 1.54) is 6.07 Å². The summed E-state index contributed by atoms with van der Waals surface area (Å²) in [7, 11) is 0. The van der Waals surface area contributed by atoms with Gasteiger partial charge in [-0.2, -0.15) is 4.98 Å². The van der Waals surface area contributed by atoms with Gasteiger partial charge in [0.25, 0.3) is 11.9 Å². The fraction of sp³-hybridized carbons (Fsp3) is 0.286. The number of ether oxygens (including phenoxy) is 1. The number of halogens is 2. The third kappa shape index (κ3) is 4.40. The monoisotopic (exact) mass is 415 g/mol. The van der Waals surface area contributed by atoms with Crippen LogP contribution in [-0.2, 0) is 14.3 Å². The van der Waals surface area contributed by atoms with E-state index in [0.29, 0.717) is 37.5 Å². The Morgan fingerprint density at radius 2 is 1.90 bits per heavy atom. The number of hydrogen-bond acceptors (Lipinski definition) is 6. The maximum atomic E-state index is 13.2. The van der Waals surface area contributed by atoms with Crippen molar-refractivity contribution < 1.29 is 27.5 Å². The molecule has 30 heavy (non-hydrogen) atoms. The molecule has 0 bridgehead atoms. The van der Waals surface area contributed by atoms with Crippen LogP contribution in [-0.4, -0.2) is 36.6 Å². The fourth-order valence-electron chi connectivity index (χ4n) is 3.33. The lowest BCUT2D eigenvalue weighted by Crippen LogP contribution is -2.37. The molecule has 1 aliphatic rings. The molecule has 0 aliphatic carbocycles. The van der Waals surface area contributed by atoms with Crippen molar-refractivity contribution in [2.75, 3.05) is 29.9 Å². The Kier molecular flexibility index (Phi) is 5.60. The number of fused-ring (bicyclic) bond motifs is 1. The van der Waals surface area contributed by atoms with Crippen LogP contribution in [0.5, 0.6) is 0 Å². The maximum absolute atomic E-state index is 13.2. The normalized spacial score (nSPS) is 14.7. The predicted octanol–water partition coefficient (Wildman–Crippen LogP) is 3.50. The average Bonchev–Trinajstić information content (AvgIpc) is 3.19. The van der Waals surface area contributed by atoms with Gasteiger partial charge in [0, 0.05) is 24.8 Å². The molecule has 2 aromatic carbocycles. The van der Waals surface area contributed by atoms with Gasteiger partial charge in [0.1, 0.15) is 5.52 Å². The van der Waals surface area contributed by atoms with Crippen molar-refractivity contribution in [1.82, 2.24) is 4.98 Å². The van der Waals surface area contributed by atoms with Gasteiger partial charge in [-0.05, 0) is 37.1 Å². The van der Waals surface area contributed by atoms with E-state index in [9.17, 15) is 18.4 Å². The summed E-state index contributed by atoms with van der Waals surface area (Å²) < 4.78 is 36.9. The molecule has 1 saturated heterocycles. The van der Waals surface area contributed by atoms with E-state index in [2.05, 4.69) is 10.3 Å². The highest BCUT2D eigenvalue weighted by molar-refractivity contribution is 5.92. The minimum atomic E-state index is -1.07. The molecule has 7 nitrogen and oxygen atoms in total. The van der Waals surface area contributed by atoms with Crippen molar-refractivity contribution >= 4 is 34.7 Å². The van der Waals surface area contributed by atoms with Crippen LogP contribution in [0.4, 0.5) is 20.5 Å². The number of benzene rings is 2.